The second-order valence-corrected chi connectivity index (χ2v) is 3.74. The van der Waals surface area contributed by atoms with Crippen LogP contribution in [0, 0.1) is 0 Å². The fraction of sp³-hybridized carbons (Fsp3) is 0.143. The average molecular weight is 234 g/mol. The second kappa shape index (κ2) is 4.50. The van der Waals surface area contributed by atoms with E-state index in [9.17, 15) is 13.6 Å². The maximum absolute atomic E-state index is 10.9. The van der Waals surface area contributed by atoms with Crippen molar-refractivity contribution in [1.29, 1.82) is 0 Å². The SMILES string of the molecule is NC(=O)c1nc(Cl)ccc1CS(=O)[O-]. The van der Waals surface area contributed by atoms with Gasteiger partial charge in [-0.2, -0.15) is 0 Å². The van der Waals surface area contributed by atoms with Gasteiger partial charge in [-0.3, -0.25) is 9.00 Å². The van der Waals surface area contributed by atoms with Crippen LogP contribution in [-0.4, -0.2) is 19.7 Å². The minimum Gasteiger partial charge on any atom is -0.772 e. The van der Waals surface area contributed by atoms with Gasteiger partial charge in [0.2, 0.25) is 0 Å². The maximum atomic E-state index is 10.9. The first kappa shape index (κ1) is 11.1. The summed E-state index contributed by atoms with van der Waals surface area (Å²) in [6, 6.07) is 2.81. The number of rotatable bonds is 3. The van der Waals surface area contributed by atoms with Crippen molar-refractivity contribution in [2.45, 2.75) is 5.75 Å². The summed E-state index contributed by atoms with van der Waals surface area (Å²) in [4.78, 5) is 14.5. The first-order valence-electron chi connectivity index (χ1n) is 3.52. The molecule has 1 heterocycles. The molecule has 0 aliphatic rings. The van der Waals surface area contributed by atoms with Crippen LogP contribution in [0.1, 0.15) is 16.1 Å². The lowest BCUT2D eigenvalue weighted by Gasteiger charge is -2.07. The number of nitrogens with two attached hydrogens (primary N) is 1. The molecule has 0 aromatic carbocycles. The van der Waals surface area contributed by atoms with Crippen molar-refractivity contribution >= 4 is 28.6 Å². The van der Waals surface area contributed by atoms with Gasteiger partial charge in [0.25, 0.3) is 5.91 Å². The topological polar surface area (TPSA) is 96.1 Å². The Hall–Kier alpha value is -0.980. The second-order valence-electron chi connectivity index (χ2n) is 2.45. The first-order valence-corrected chi connectivity index (χ1v) is 5.14. The Kier molecular flexibility index (Phi) is 3.56. The van der Waals surface area contributed by atoms with Gasteiger partial charge in [-0.1, -0.05) is 28.7 Å². The highest BCUT2D eigenvalue weighted by Crippen LogP contribution is 2.12. The van der Waals surface area contributed by atoms with Crippen LogP contribution in [0.15, 0.2) is 12.1 Å². The zero-order chi connectivity index (χ0) is 10.7. The van der Waals surface area contributed by atoms with Crippen molar-refractivity contribution in [1.82, 2.24) is 4.98 Å². The molecule has 2 N–H and O–H groups in total. The predicted octanol–water partition coefficient (Wildman–Crippen LogP) is 0.213. The van der Waals surface area contributed by atoms with E-state index in [4.69, 9.17) is 17.3 Å². The number of aromatic nitrogens is 1. The molecule has 1 atom stereocenters. The minimum absolute atomic E-state index is 0.0965. The molecule has 14 heavy (non-hydrogen) atoms. The molecule has 76 valence electrons. The van der Waals surface area contributed by atoms with Crippen LogP contribution in [-0.2, 0) is 16.8 Å². The Labute approximate surface area is 87.6 Å². The van der Waals surface area contributed by atoms with Crippen LogP contribution < -0.4 is 5.73 Å². The molecule has 7 heteroatoms. The van der Waals surface area contributed by atoms with E-state index in [1.165, 1.54) is 12.1 Å². The molecule has 0 bridgehead atoms. The smallest absolute Gasteiger partial charge is 0.267 e. The molecule has 0 fully saturated rings. The van der Waals surface area contributed by atoms with Crippen molar-refractivity contribution in [3.63, 3.8) is 0 Å². The molecule has 1 unspecified atom stereocenters. The van der Waals surface area contributed by atoms with E-state index in [-0.39, 0.29) is 22.2 Å². The molecule has 0 radical (unpaired) electrons. The number of hydrogen-bond donors (Lipinski definition) is 1. The van der Waals surface area contributed by atoms with Crippen molar-refractivity contribution in [2.75, 3.05) is 0 Å². The van der Waals surface area contributed by atoms with Crippen LogP contribution in [0.3, 0.4) is 0 Å². The number of pyridine rings is 1. The number of amides is 1. The van der Waals surface area contributed by atoms with Gasteiger partial charge in [0.1, 0.15) is 10.8 Å². The Balaban J connectivity index is 3.14. The average Bonchev–Trinajstić information content (AvgIpc) is 2.07. The molecular weight excluding hydrogens is 228 g/mol. The summed E-state index contributed by atoms with van der Waals surface area (Å²) in [7, 11) is 0. The molecule has 5 nitrogen and oxygen atoms in total. The van der Waals surface area contributed by atoms with Gasteiger partial charge in [-0.25, -0.2) is 4.98 Å². The molecule has 0 saturated heterocycles. The highest BCUT2D eigenvalue weighted by atomic mass is 35.5. The summed E-state index contributed by atoms with van der Waals surface area (Å²) in [5, 5.41) is 0.0965. The van der Waals surface area contributed by atoms with Crippen molar-refractivity contribution < 1.29 is 13.6 Å². The normalized spacial score (nSPS) is 12.4. The predicted molar refractivity (Wildman–Crippen MR) is 50.4 cm³/mol. The Morgan fingerprint density at radius 3 is 2.79 bits per heavy atom. The third-order valence-electron chi connectivity index (χ3n) is 1.45. The molecule has 1 rings (SSSR count). The summed E-state index contributed by atoms with van der Waals surface area (Å²) in [6.45, 7) is 0. The third-order valence-corrected chi connectivity index (χ3v) is 2.21. The Morgan fingerprint density at radius 1 is 1.64 bits per heavy atom. The lowest BCUT2D eigenvalue weighted by molar-refractivity contribution is 0.0995. The largest absolute Gasteiger partial charge is 0.772 e. The van der Waals surface area contributed by atoms with Gasteiger partial charge >= 0.3 is 0 Å². The van der Waals surface area contributed by atoms with Gasteiger partial charge in [0.05, 0.1) is 0 Å². The van der Waals surface area contributed by atoms with Gasteiger partial charge in [0.15, 0.2) is 0 Å². The Bertz CT molecular complexity index is 397. The molecule has 1 aromatic heterocycles. The number of nitrogens with zero attached hydrogens (tertiary/aromatic N) is 1. The van der Waals surface area contributed by atoms with Crippen molar-refractivity contribution in [2.24, 2.45) is 5.73 Å². The lowest BCUT2D eigenvalue weighted by Crippen LogP contribution is -2.16. The summed E-state index contributed by atoms with van der Waals surface area (Å²) in [6.07, 6.45) is 0. The monoisotopic (exact) mass is 233 g/mol. The van der Waals surface area contributed by atoms with E-state index in [1.807, 2.05) is 0 Å². The van der Waals surface area contributed by atoms with Crippen LogP contribution in [0.25, 0.3) is 0 Å². The zero-order valence-electron chi connectivity index (χ0n) is 6.90. The van der Waals surface area contributed by atoms with Crippen molar-refractivity contribution in [3.8, 4) is 0 Å². The van der Waals surface area contributed by atoms with Crippen molar-refractivity contribution in [3.05, 3.63) is 28.5 Å². The number of carbonyl (C=O) groups is 1. The minimum atomic E-state index is -2.29. The summed E-state index contributed by atoms with van der Waals surface area (Å²) in [5.74, 6) is -1.10. The quantitative estimate of drug-likeness (QED) is 0.596. The summed E-state index contributed by atoms with van der Waals surface area (Å²) >= 11 is 3.23. The van der Waals surface area contributed by atoms with Crippen LogP contribution in [0.2, 0.25) is 5.15 Å². The van der Waals surface area contributed by atoms with E-state index >= 15 is 0 Å². The molecular formula is C7H6ClN2O3S-. The molecule has 0 saturated carbocycles. The van der Waals surface area contributed by atoms with Crippen LogP contribution in [0.5, 0.6) is 0 Å². The molecule has 1 amide bonds. The van der Waals surface area contributed by atoms with E-state index in [2.05, 4.69) is 4.98 Å². The molecule has 0 aliphatic carbocycles. The van der Waals surface area contributed by atoms with Gasteiger partial charge in [-0.15, -0.1) is 0 Å². The first-order chi connectivity index (χ1) is 6.50. The Morgan fingerprint density at radius 2 is 2.29 bits per heavy atom. The number of carbonyl (C=O) groups excluding carboxylic acids is 1. The maximum Gasteiger partial charge on any atom is 0.267 e. The fourth-order valence-electron chi connectivity index (χ4n) is 0.921. The van der Waals surface area contributed by atoms with Crippen LogP contribution in [0.4, 0.5) is 0 Å². The third kappa shape index (κ3) is 2.76. The number of halogens is 1. The molecule has 1 aromatic rings. The van der Waals surface area contributed by atoms with Crippen LogP contribution >= 0.6 is 11.6 Å². The van der Waals surface area contributed by atoms with E-state index in [0.29, 0.717) is 0 Å². The summed E-state index contributed by atoms with van der Waals surface area (Å²) < 4.78 is 20.8. The molecule has 0 spiro atoms. The van der Waals surface area contributed by atoms with Gasteiger partial charge in [-0.05, 0) is 11.6 Å². The van der Waals surface area contributed by atoms with E-state index in [0.717, 1.165) is 0 Å². The number of hydrogen-bond acceptors (Lipinski definition) is 4. The van der Waals surface area contributed by atoms with Gasteiger partial charge in [0, 0.05) is 5.75 Å². The standard InChI is InChI=1S/C7H7ClN2O3S/c8-5-2-1-4(3-14(12)13)6(10-5)7(9)11/h1-2H,3H2,(H2,9,11)(H,12,13)/p-1. The van der Waals surface area contributed by atoms with Gasteiger partial charge < -0.3 is 10.3 Å². The van der Waals surface area contributed by atoms with E-state index < -0.39 is 17.0 Å². The molecule has 0 aliphatic heterocycles. The summed E-state index contributed by atoms with van der Waals surface area (Å²) in [5.41, 5.74) is 5.13. The lowest BCUT2D eigenvalue weighted by atomic mass is 10.2. The fourth-order valence-corrected chi connectivity index (χ4v) is 1.56. The highest BCUT2D eigenvalue weighted by Gasteiger charge is 2.10. The zero-order valence-corrected chi connectivity index (χ0v) is 8.47. The van der Waals surface area contributed by atoms with E-state index in [1.54, 1.807) is 0 Å². The number of primary amides is 1. The highest BCUT2D eigenvalue weighted by molar-refractivity contribution is 7.78.